The summed E-state index contributed by atoms with van der Waals surface area (Å²) in [7, 11) is 1.20. The fraction of sp³-hybridized carbons (Fsp3) is 0.167. The van der Waals surface area contributed by atoms with Crippen molar-refractivity contribution >= 4 is 69.1 Å². The highest BCUT2D eigenvalue weighted by Crippen LogP contribution is 2.35. The van der Waals surface area contributed by atoms with Crippen molar-refractivity contribution in [2.45, 2.75) is 19.5 Å². The Kier molecular flexibility index (Phi) is 6.76. The third-order valence-corrected chi connectivity index (χ3v) is 6.44. The quantitative estimate of drug-likeness (QED) is 0.397. The molecule has 10 heteroatoms. The molecule has 1 N–H and O–H groups in total. The molecule has 174 valence electrons. The number of nitrogens with zero attached hydrogens (tertiary/aromatic N) is 2. The highest BCUT2D eigenvalue weighted by Gasteiger charge is 2.41. The van der Waals surface area contributed by atoms with Crippen molar-refractivity contribution in [1.82, 2.24) is 9.47 Å². The molecule has 0 bridgehead atoms. The van der Waals surface area contributed by atoms with E-state index in [2.05, 4.69) is 10.1 Å². The zero-order chi connectivity index (χ0) is 24.4. The number of carbonyl (C=O) groups is 4. The van der Waals surface area contributed by atoms with E-state index in [1.807, 2.05) is 24.3 Å². The molecule has 2 heterocycles. The number of amides is 3. The largest absolute Gasteiger partial charge is 0.467 e. The van der Waals surface area contributed by atoms with Crippen LogP contribution in [0.3, 0.4) is 0 Å². The van der Waals surface area contributed by atoms with E-state index < -0.39 is 23.2 Å². The second-order valence-corrected chi connectivity index (χ2v) is 8.97. The fourth-order valence-corrected chi connectivity index (χ4v) is 4.67. The minimum Gasteiger partial charge on any atom is -0.467 e. The number of hydrogen-bond acceptors (Lipinski definition) is 6. The molecule has 1 atom stereocenters. The molecule has 4 rings (SSSR count). The Morgan fingerprint density at radius 2 is 1.85 bits per heavy atom. The fourth-order valence-electron chi connectivity index (χ4n) is 3.64. The van der Waals surface area contributed by atoms with E-state index in [0.29, 0.717) is 16.3 Å². The zero-order valence-corrected chi connectivity index (χ0v) is 19.9. The number of hydrogen-bond donors (Lipinski definition) is 1. The number of methoxy groups -OCH3 is 1. The summed E-state index contributed by atoms with van der Waals surface area (Å²) in [5.74, 6) is -1.47. The Balaban J connectivity index is 1.61. The lowest BCUT2D eigenvalue weighted by Gasteiger charge is -2.18. The van der Waals surface area contributed by atoms with Crippen LogP contribution >= 0.6 is 23.4 Å². The van der Waals surface area contributed by atoms with Gasteiger partial charge in [0.2, 0.25) is 5.91 Å². The number of rotatable bonds is 6. The second-order valence-electron chi connectivity index (χ2n) is 7.54. The van der Waals surface area contributed by atoms with E-state index in [-0.39, 0.29) is 17.4 Å². The first kappa shape index (κ1) is 23.6. The Labute approximate surface area is 204 Å². The molecule has 1 aromatic heterocycles. The molecule has 0 unspecified atom stereocenters. The molecule has 0 spiro atoms. The van der Waals surface area contributed by atoms with Crippen LogP contribution in [0.15, 0.2) is 59.6 Å². The topological polar surface area (TPSA) is 97.7 Å². The van der Waals surface area contributed by atoms with E-state index >= 15 is 0 Å². The lowest BCUT2D eigenvalue weighted by molar-refractivity contribution is -0.148. The van der Waals surface area contributed by atoms with Crippen molar-refractivity contribution in [2.75, 3.05) is 12.4 Å². The van der Waals surface area contributed by atoms with Crippen LogP contribution in [-0.2, 0) is 25.7 Å². The van der Waals surface area contributed by atoms with Crippen molar-refractivity contribution in [3.63, 3.8) is 0 Å². The van der Waals surface area contributed by atoms with E-state index in [1.165, 1.54) is 14.0 Å². The van der Waals surface area contributed by atoms with E-state index in [4.69, 9.17) is 11.6 Å². The Bertz CT molecular complexity index is 1330. The molecule has 3 aromatic rings. The van der Waals surface area contributed by atoms with Gasteiger partial charge in [-0.3, -0.25) is 19.3 Å². The summed E-state index contributed by atoms with van der Waals surface area (Å²) in [6, 6.07) is 13.2. The maximum absolute atomic E-state index is 12.9. The second kappa shape index (κ2) is 9.74. The monoisotopic (exact) mass is 497 g/mol. The van der Waals surface area contributed by atoms with Crippen LogP contribution < -0.4 is 5.32 Å². The van der Waals surface area contributed by atoms with E-state index in [0.717, 1.165) is 27.6 Å². The van der Waals surface area contributed by atoms with Gasteiger partial charge in [0, 0.05) is 33.4 Å². The Morgan fingerprint density at radius 1 is 1.15 bits per heavy atom. The van der Waals surface area contributed by atoms with Crippen molar-refractivity contribution in [3.8, 4) is 0 Å². The van der Waals surface area contributed by atoms with Gasteiger partial charge in [0.25, 0.3) is 11.1 Å². The molecular formula is C24H20ClN3O5S. The summed E-state index contributed by atoms with van der Waals surface area (Å²) in [6.07, 6.45) is 3.36. The van der Waals surface area contributed by atoms with E-state index in [1.54, 1.807) is 41.1 Å². The number of nitrogens with one attached hydrogen (secondary N) is 1. The average Bonchev–Trinajstić information content (AvgIpc) is 3.30. The predicted molar refractivity (Wildman–Crippen MR) is 131 cm³/mol. The number of benzene rings is 2. The van der Waals surface area contributed by atoms with Gasteiger partial charge in [-0.15, -0.1) is 0 Å². The normalized spacial score (nSPS) is 15.7. The van der Waals surface area contributed by atoms with Crippen LogP contribution in [0.2, 0.25) is 5.02 Å². The highest BCUT2D eigenvalue weighted by molar-refractivity contribution is 8.18. The van der Waals surface area contributed by atoms with Gasteiger partial charge in [-0.1, -0.05) is 29.8 Å². The van der Waals surface area contributed by atoms with Gasteiger partial charge < -0.3 is 14.6 Å². The molecule has 1 aliphatic rings. The number of aromatic nitrogens is 1. The molecule has 3 amide bonds. The number of esters is 1. The standard InChI is InChI=1S/C24H20ClN3O5S/c1-14(23(31)33-2)28-22(30)20(34-24(28)32)11-15-12-27(19-6-4-3-5-18(15)19)13-21(29)26-17-9-7-16(25)8-10-17/h3-12,14H,13H2,1-2H3,(H,26,29)/b20-11+/t14-/m1/s1. The van der Waals surface area contributed by atoms with Gasteiger partial charge in [0.15, 0.2) is 0 Å². The van der Waals surface area contributed by atoms with Crippen LogP contribution in [0.1, 0.15) is 12.5 Å². The number of anilines is 1. The van der Waals surface area contributed by atoms with Crippen LogP contribution in [0, 0.1) is 0 Å². The lowest BCUT2D eigenvalue weighted by Crippen LogP contribution is -2.42. The van der Waals surface area contributed by atoms with Crippen molar-refractivity contribution in [3.05, 3.63) is 70.2 Å². The van der Waals surface area contributed by atoms with Gasteiger partial charge in [0.05, 0.1) is 12.0 Å². The molecule has 8 nitrogen and oxygen atoms in total. The van der Waals surface area contributed by atoms with Crippen LogP contribution in [-0.4, -0.2) is 45.6 Å². The van der Waals surface area contributed by atoms with Gasteiger partial charge in [-0.2, -0.15) is 0 Å². The number of thioether (sulfide) groups is 1. The number of ether oxygens (including phenoxy) is 1. The summed E-state index contributed by atoms with van der Waals surface area (Å²) < 4.78 is 6.43. The third kappa shape index (κ3) is 4.71. The molecular weight excluding hydrogens is 478 g/mol. The van der Waals surface area contributed by atoms with Gasteiger partial charge in [0.1, 0.15) is 12.6 Å². The Hall–Kier alpha value is -3.56. The maximum Gasteiger partial charge on any atom is 0.328 e. The first-order valence-electron chi connectivity index (χ1n) is 10.3. The molecule has 0 saturated carbocycles. The molecule has 0 radical (unpaired) electrons. The number of carbonyl (C=O) groups excluding carboxylic acids is 4. The predicted octanol–water partition coefficient (Wildman–Crippen LogP) is 4.53. The van der Waals surface area contributed by atoms with Crippen molar-refractivity contribution < 1.29 is 23.9 Å². The minimum atomic E-state index is -1.03. The van der Waals surface area contributed by atoms with Crippen molar-refractivity contribution in [2.24, 2.45) is 0 Å². The summed E-state index contributed by atoms with van der Waals surface area (Å²) in [4.78, 5) is 50.8. The van der Waals surface area contributed by atoms with Crippen LogP contribution in [0.25, 0.3) is 17.0 Å². The van der Waals surface area contributed by atoms with Gasteiger partial charge in [-0.25, -0.2) is 4.79 Å². The smallest absolute Gasteiger partial charge is 0.328 e. The summed E-state index contributed by atoms with van der Waals surface area (Å²) in [6.45, 7) is 1.48. The molecule has 1 aliphatic heterocycles. The number of para-hydroxylation sites is 1. The van der Waals surface area contributed by atoms with E-state index in [9.17, 15) is 19.2 Å². The average molecular weight is 498 g/mol. The van der Waals surface area contributed by atoms with Gasteiger partial charge >= 0.3 is 5.97 Å². The Morgan fingerprint density at radius 3 is 2.56 bits per heavy atom. The summed E-state index contributed by atoms with van der Waals surface area (Å²) >= 11 is 6.65. The zero-order valence-electron chi connectivity index (χ0n) is 18.3. The number of fused-ring (bicyclic) bond motifs is 1. The van der Waals surface area contributed by atoms with Crippen molar-refractivity contribution in [1.29, 1.82) is 0 Å². The summed E-state index contributed by atoms with van der Waals surface area (Å²) in [5, 5.41) is 3.67. The molecule has 34 heavy (non-hydrogen) atoms. The molecule has 1 saturated heterocycles. The summed E-state index contributed by atoms with van der Waals surface area (Å²) in [5.41, 5.74) is 2.09. The lowest BCUT2D eigenvalue weighted by atomic mass is 10.1. The first-order valence-corrected chi connectivity index (χ1v) is 11.5. The maximum atomic E-state index is 12.9. The third-order valence-electron chi connectivity index (χ3n) is 5.30. The molecule has 2 aromatic carbocycles. The number of imide groups is 1. The van der Waals surface area contributed by atoms with Gasteiger partial charge in [-0.05, 0) is 55.1 Å². The first-order chi connectivity index (χ1) is 16.3. The van der Waals surface area contributed by atoms with Crippen LogP contribution in [0.4, 0.5) is 10.5 Å². The number of halogens is 1. The highest BCUT2D eigenvalue weighted by atomic mass is 35.5. The molecule has 1 fully saturated rings. The SMILES string of the molecule is COC(=O)[C@@H](C)N1C(=O)S/C(=C/c2cn(CC(=O)Nc3ccc(Cl)cc3)c3ccccc23)C1=O. The molecule has 0 aliphatic carbocycles. The van der Waals surface area contributed by atoms with Crippen LogP contribution in [0.5, 0.6) is 0 Å². The minimum absolute atomic E-state index is 0.0395.